The fourth-order valence-corrected chi connectivity index (χ4v) is 8.56. The van der Waals surface area contributed by atoms with Gasteiger partial charge in [-0.25, -0.2) is 16.8 Å². The number of carbonyl (C=O) groups excluding carboxylic acids is 2. The molecule has 49 heavy (non-hydrogen) atoms. The second kappa shape index (κ2) is 14.6. The number of sulfone groups is 2. The number of carbonyl (C=O) groups is 2. The van der Waals surface area contributed by atoms with E-state index in [9.17, 15) is 26.4 Å². The molecule has 256 valence electrons. The molecule has 0 bridgehead atoms. The van der Waals surface area contributed by atoms with E-state index in [-0.39, 0.29) is 34.8 Å². The molecule has 0 spiro atoms. The van der Waals surface area contributed by atoms with Gasteiger partial charge in [0.2, 0.25) is 0 Å². The summed E-state index contributed by atoms with van der Waals surface area (Å²) in [7, 11) is -5.83. The molecule has 0 aliphatic carbocycles. The van der Waals surface area contributed by atoms with E-state index in [1.807, 2.05) is 79.7 Å². The van der Waals surface area contributed by atoms with E-state index in [0.29, 0.717) is 61.8 Å². The van der Waals surface area contributed by atoms with Gasteiger partial charge in [0.1, 0.15) is 0 Å². The van der Waals surface area contributed by atoms with Gasteiger partial charge >= 0.3 is 0 Å². The van der Waals surface area contributed by atoms with Crippen LogP contribution in [0.3, 0.4) is 0 Å². The van der Waals surface area contributed by atoms with E-state index in [4.69, 9.17) is 0 Å². The van der Waals surface area contributed by atoms with Crippen molar-refractivity contribution in [3.05, 3.63) is 119 Å². The Morgan fingerprint density at radius 1 is 0.571 bits per heavy atom. The number of nitrogens with zero attached hydrogens (tertiary/aromatic N) is 2. The van der Waals surface area contributed by atoms with Crippen molar-refractivity contribution in [2.75, 3.05) is 59.8 Å². The number of rotatable bonds is 9. The fraction of sp³-hybridized carbons (Fsp3) is 0.297. The van der Waals surface area contributed by atoms with Crippen molar-refractivity contribution in [2.45, 2.75) is 20.0 Å². The number of anilines is 2. The lowest BCUT2D eigenvalue weighted by Crippen LogP contribution is -2.39. The normalized spacial score (nSPS) is 17.7. The predicted octanol–water partition coefficient (Wildman–Crippen LogP) is 4.63. The standard InChI is InChI=1S/C37H40N4O6S2/c1-27-2-7-32(37(43)39-34-14-5-29(6-15-34)26-41-18-22-49(46,47)23-19-41)24-35(27)30-8-10-31(11-9-30)36(42)38-33-12-3-28(4-13-33)25-40-16-20-48(44,45)21-17-40/h2-15,24H,16-23,25-26H2,1H3,(H,38,42)(H,39,43). The molecule has 0 unspecified atom stereocenters. The highest BCUT2D eigenvalue weighted by Crippen LogP contribution is 2.26. The summed E-state index contributed by atoms with van der Waals surface area (Å²) in [5, 5.41) is 5.90. The number of benzene rings is 4. The van der Waals surface area contributed by atoms with Crippen LogP contribution in [0, 0.1) is 6.92 Å². The third kappa shape index (κ3) is 9.21. The Morgan fingerprint density at radius 3 is 1.43 bits per heavy atom. The number of nitrogens with one attached hydrogen (secondary N) is 2. The molecule has 4 aromatic rings. The molecular weight excluding hydrogens is 661 g/mol. The molecule has 2 amide bonds. The highest BCUT2D eigenvalue weighted by molar-refractivity contribution is 7.91. The van der Waals surface area contributed by atoms with Crippen LogP contribution in [0.5, 0.6) is 0 Å². The van der Waals surface area contributed by atoms with Crippen molar-refractivity contribution < 1.29 is 26.4 Å². The van der Waals surface area contributed by atoms with Gasteiger partial charge in [-0.05, 0) is 83.3 Å². The Bertz CT molecular complexity index is 2020. The Morgan fingerprint density at radius 2 is 0.980 bits per heavy atom. The van der Waals surface area contributed by atoms with Gasteiger partial charge in [-0.1, -0.05) is 42.5 Å². The Labute approximate surface area is 288 Å². The van der Waals surface area contributed by atoms with Crippen LogP contribution in [0.1, 0.15) is 37.4 Å². The van der Waals surface area contributed by atoms with Crippen molar-refractivity contribution >= 4 is 42.9 Å². The van der Waals surface area contributed by atoms with Crippen LogP contribution in [-0.4, -0.2) is 87.6 Å². The first-order chi connectivity index (χ1) is 23.4. The first-order valence-electron chi connectivity index (χ1n) is 16.3. The molecule has 2 heterocycles. The molecule has 0 radical (unpaired) electrons. The molecule has 2 fully saturated rings. The third-order valence-corrected chi connectivity index (χ3v) is 12.3. The number of aryl methyl sites for hydroxylation is 1. The van der Waals surface area contributed by atoms with E-state index in [0.717, 1.165) is 27.8 Å². The van der Waals surface area contributed by atoms with Crippen LogP contribution < -0.4 is 10.6 Å². The van der Waals surface area contributed by atoms with Crippen LogP contribution >= 0.6 is 0 Å². The molecule has 2 saturated heterocycles. The summed E-state index contributed by atoms with van der Waals surface area (Å²) in [5.74, 6) is 0.288. The van der Waals surface area contributed by atoms with Crippen LogP contribution in [-0.2, 0) is 32.8 Å². The van der Waals surface area contributed by atoms with Crippen LogP contribution in [0.2, 0.25) is 0 Å². The topological polar surface area (TPSA) is 133 Å². The third-order valence-electron chi connectivity index (χ3n) is 9.07. The summed E-state index contributed by atoms with van der Waals surface area (Å²) in [6.45, 7) is 5.42. The van der Waals surface area contributed by atoms with E-state index >= 15 is 0 Å². The van der Waals surface area contributed by atoms with Gasteiger partial charge in [0.15, 0.2) is 19.7 Å². The van der Waals surface area contributed by atoms with Crippen LogP contribution in [0.4, 0.5) is 11.4 Å². The van der Waals surface area contributed by atoms with Gasteiger partial charge in [0.05, 0.1) is 23.0 Å². The van der Waals surface area contributed by atoms with E-state index in [1.165, 1.54) is 0 Å². The average molecular weight is 701 g/mol. The first kappa shape index (κ1) is 34.5. The quantitative estimate of drug-likeness (QED) is 0.259. The Hall–Kier alpha value is -4.36. The highest BCUT2D eigenvalue weighted by Gasteiger charge is 2.22. The largest absolute Gasteiger partial charge is 0.322 e. The first-order valence-corrected chi connectivity index (χ1v) is 19.9. The maximum Gasteiger partial charge on any atom is 0.255 e. The van der Waals surface area contributed by atoms with Crippen molar-refractivity contribution in [3.8, 4) is 11.1 Å². The number of hydrogen-bond donors (Lipinski definition) is 2. The summed E-state index contributed by atoms with van der Waals surface area (Å²) in [6, 6.07) is 28.0. The molecule has 2 aliphatic rings. The summed E-state index contributed by atoms with van der Waals surface area (Å²) < 4.78 is 46.8. The minimum Gasteiger partial charge on any atom is -0.322 e. The molecule has 0 saturated carbocycles. The lowest BCUT2D eigenvalue weighted by atomic mass is 9.97. The SMILES string of the molecule is Cc1ccc(C(=O)Nc2ccc(CN3CCS(=O)(=O)CC3)cc2)cc1-c1ccc(C(=O)Nc2ccc(CN3CCS(=O)(=O)CC3)cc2)cc1. The van der Waals surface area contributed by atoms with Crippen molar-refractivity contribution in [1.29, 1.82) is 0 Å². The molecule has 2 N–H and O–H groups in total. The van der Waals surface area contributed by atoms with Gasteiger partial charge in [-0.15, -0.1) is 0 Å². The summed E-state index contributed by atoms with van der Waals surface area (Å²) in [6.07, 6.45) is 0. The molecule has 6 rings (SSSR count). The van der Waals surface area contributed by atoms with Crippen molar-refractivity contribution in [3.63, 3.8) is 0 Å². The van der Waals surface area contributed by atoms with Crippen molar-refractivity contribution in [2.24, 2.45) is 0 Å². The maximum atomic E-state index is 13.2. The maximum absolute atomic E-state index is 13.2. The zero-order valence-corrected chi connectivity index (χ0v) is 29.0. The molecule has 0 atom stereocenters. The Kier molecular flexibility index (Phi) is 10.3. The van der Waals surface area contributed by atoms with E-state index in [2.05, 4.69) is 20.4 Å². The molecule has 0 aromatic heterocycles. The zero-order valence-electron chi connectivity index (χ0n) is 27.4. The molecular formula is C37H40N4O6S2. The molecule has 4 aromatic carbocycles. The van der Waals surface area contributed by atoms with Crippen LogP contribution in [0.25, 0.3) is 11.1 Å². The number of amides is 2. The number of hydrogen-bond acceptors (Lipinski definition) is 8. The molecule has 10 nitrogen and oxygen atoms in total. The highest BCUT2D eigenvalue weighted by atomic mass is 32.2. The van der Waals surface area contributed by atoms with Gasteiger partial charge in [-0.3, -0.25) is 19.4 Å². The summed E-state index contributed by atoms with van der Waals surface area (Å²) in [5.41, 5.74) is 7.22. The predicted molar refractivity (Wildman–Crippen MR) is 193 cm³/mol. The van der Waals surface area contributed by atoms with Gasteiger partial charge in [-0.2, -0.15) is 0 Å². The average Bonchev–Trinajstić information content (AvgIpc) is 3.08. The zero-order chi connectivity index (χ0) is 34.6. The summed E-state index contributed by atoms with van der Waals surface area (Å²) in [4.78, 5) is 30.4. The monoisotopic (exact) mass is 700 g/mol. The second-order valence-corrected chi connectivity index (χ2v) is 17.4. The van der Waals surface area contributed by atoms with Crippen LogP contribution in [0.15, 0.2) is 91.0 Å². The lowest BCUT2D eigenvalue weighted by Gasteiger charge is -2.26. The minimum absolute atomic E-state index is 0.189. The lowest BCUT2D eigenvalue weighted by molar-refractivity contribution is 0.101. The van der Waals surface area contributed by atoms with Gasteiger partial charge in [0, 0.05) is 61.8 Å². The molecule has 2 aliphatic heterocycles. The van der Waals surface area contributed by atoms with E-state index in [1.54, 1.807) is 18.2 Å². The molecule has 12 heteroatoms. The van der Waals surface area contributed by atoms with Crippen molar-refractivity contribution in [1.82, 2.24) is 9.80 Å². The minimum atomic E-state index is -2.92. The van der Waals surface area contributed by atoms with Gasteiger partial charge < -0.3 is 10.6 Å². The summed E-state index contributed by atoms with van der Waals surface area (Å²) >= 11 is 0. The van der Waals surface area contributed by atoms with E-state index < -0.39 is 19.7 Å². The smallest absolute Gasteiger partial charge is 0.255 e. The van der Waals surface area contributed by atoms with Gasteiger partial charge in [0.25, 0.3) is 11.8 Å². The Balaban J connectivity index is 1.03. The second-order valence-electron chi connectivity index (χ2n) is 12.8. The fourth-order valence-electron chi connectivity index (χ4n) is 6.00.